The average Bonchev–Trinajstić information content (AvgIpc) is 3.56. The van der Waals surface area contributed by atoms with E-state index in [1.807, 2.05) is 6.20 Å². The predicted octanol–water partition coefficient (Wildman–Crippen LogP) is 14.8. The van der Waals surface area contributed by atoms with Crippen LogP contribution < -0.4 is 9.64 Å². The second-order valence-corrected chi connectivity index (χ2v) is 21.6. The molecule has 5 nitrogen and oxygen atoms in total. The molecule has 1 aliphatic rings. The van der Waals surface area contributed by atoms with Gasteiger partial charge in [-0.25, -0.2) is 0 Å². The molecule has 1 aliphatic heterocycles. The molecule has 0 saturated carbocycles. The molecule has 6 aromatic carbocycles. The Balaban J connectivity index is 1.23. The van der Waals surface area contributed by atoms with Crippen molar-refractivity contribution in [2.45, 2.75) is 91.9 Å². The normalized spacial score (nSPS) is 14.5. The van der Waals surface area contributed by atoms with Gasteiger partial charge in [0.05, 0.1) is 0 Å². The molecule has 6 heteroatoms. The van der Waals surface area contributed by atoms with Gasteiger partial charge in [-0.1, -0.05) is 27.7 Å². The number of hydrogen-bond donors (Lipinski definition) is 0. The van der Waals surface area contributed by atoms with Crippen LogP contribution in [0, 0.1) is 21.9 Å². The third-order valence-electron chi connectivity index (χ3n) is 12.4. The number of anilines is 2. The van der Waals surface area contributed by atoms with Crippen molar-refractivity contribution in [3.63, 3.8) is 0 Å². The zero-order valence-corrected chi connectivity index (χ0v) is 41.1. The molecule has 0 amide bonds. The van der Waals surface area contributed by atoms with Crippen LogP contribution in [0.15, 0.2) is 140 Å². The van der Waals surface area contributed by atoms with Gasteiger partial charge in [0.2, 0.25) is 0 Å². The molecule has 0 spiro atoms. The topological polar surface area (TPSA) is 35.2 Å². The molecule has 2 aromatic heterocycles. The Morgan fingerprint density at radius 1 is 0.594 bits per heavy atom. The standard InChI is InChI=1S/C58H58N4O.Pt/c1-39-29-42-25-26-47(36-53(42)60(37-39)54-34-43(27-28-59-54)56(2,3)4)63-48-31-44(57(5,6)7)30-46(35-48)61-38-62(52-24-18-17-23-51(52)61)55-49(40-19-13-11-14-20-40)32-45(58(8,9)10)33-50(55)41-21-15-12-16-22-41;/h11-28,30-34,39H,29,37H2,1-10H3;/q-2;. The van der Waals surface area contributed by atoms with E-state index in [9.17, 15) is 0 Å². The maximum absolute atomic E-state index is 6.89. The van der Waals surface area contributed by atoms with Gasteiger partial charge < -0.3 is 0 Å². The Bertz CT molecular complexity index is 3010. The molecule has 0 bridgehead atoms. The van der Waals surface area contributed by atoms with E-state index in [-0.39, 0.29) is 16.2 Å². The van der Waals surface area contributed by atoms with Crippen LogP contribution in [0.5, 0.6) is 11.5 Å². The summed E-state index contributed by atoms with van der Waals surface area (Å²) in [5, 5.41) is 0. The van der Waals surface area contributed by atoms with Crippen LogP contribution in [-0.4, -0.2) is 20.7 Å². The summed E-state index contributed by atoms with van der Waals surface area (Å²) in [7, 11) is 0. The summed E-state index contributed by atoms with van der Waals surface area (Å²) < 4.78 is 12.7. The fourth-order valence-electron chi connectivity index (χ4n) is 8.84. The van der Waals surface area contributed by atoms with E-state index in [0.29, 0.717) is 17.4 Å². The third kappa shape index (κ3) is 8.48. The predicted molar refractivity (Wildman–Crippen MR) is 261 cm³/mol. The number of para-hydroxylation sites is 2. The van der Waals surface area contributed by atoms with Gasteiger partial charge in [0, 0.05) is 6.20 Å². The Labute approximate surface area is 390 Å². The number of pyridine rings is 1. The van der Waals surface area contributed by atoms with Gasteiger partial charge in [-0.15, -0.1) is 0 Å². The maximum atomic E-state index is 6.89. The van der Waals surface area contributed by atoms with E-state index in [4.69, 9.17) is 9.72 Å². The average molecular weight is 1020 g/mol. The molecular formula is C58H58N4OPt-2. The number of benzene rings is 6. The minimum atomic E-state index is -0.174. The third-order valence-corrected chi connectivity index (χ3v) is 13.4. The summed E-state index contributed by atoms with van der Waals surface area (Å²) in [6.07, 6.45) is 2.92. The first-order chi connectivity index (χ1) is 30.4. The summed E-state index contributed by atoms with van der Waals surface area (Å²) in [5.41, 5.74) is 14.7. The summed E-state index contributed by atoms with van der Waals surface area (Å²) in [5.74, 6) is 2.71. The molecule has 64 heavy (non-hydrogen) atoms. The number of aromatic nitrogens is 3. The Morgan fingerprint density at radius 3 is 1.75 bits per heavy atom. The van der Waals surface area contributed by atoms with Crippen LogP contribution in [0.25, 0.3) is 44.7 Å². The van der Waals surface area contributed by atoms with Crippen molar-refractivity contribution >= 4 is 22.5 Å². The van der Waals surface area contributed by atoms with E-state index in [0.717, 1.165) is 56.2 Å². The van der Waals surface area contributed by atoms with Crippen LogP contribution in [0.4, 0.5) is 11.5 Å². The van der Waals surface area contributed by atoms with Crippen LogP contribution in [0.2, 0.25) is 0 Å². The van der Waals surface area contributed by atoms with Gasteiger partial charge in [-0.2, -0.15) is 0 Å². The first-order valence-corrected chi connectivity index (χ1v) is 23.6. The molecular weight excluding hydrogens is 964 g/mol. The van der Waals surface area contributed by atoms with Gasteiger partial charge in [0.15, 0.2) is 0 Å². The fourth-order valence-corrected chi connectivity index (χ4v) is 9.91. The molecule has 9 rings (SSSR count). The molecule has 0 fully saturated rings. The number of hydrogen-bond acceptors (Lipinski definition) is 3. The molecule has 0 radical (unpaired) electrons. The van der Waals surface area contributed by atoms with Crippen molar-refractivity contribution in [2.75, 3.05) is 11.4 Å². The van der Waals surface area contributed by atoms with Crippen LogP contribution in [0.3, 0.4) is 0 Å². The van der Waals surface area contributed by atoms with Crippen molar-refractivity contribution in [1.29, 1.82) is 0 Å². The Morgan fingerprint density at radius 2 is 1.16 bits per heavy atom. The van der Waals surface area contributed by atoms with Crippen molar-refractivity contribution in [2.24, 2.45) is 5.92 Å². The molecule has 0 aliphatic carbocycles. The zero-order valence-electron chi connectivity index (χ0n) is 38.8. The van der Waals surface area contributed by atoms with E-state index in [1.54, 1.807) is 0 Å². The molecule has 3 heterocycles. The molecule has 328 valence electrons. The molecule has 1 atom stereocenters. The fraction of sp³-hybridized carbons (Fsp3) is 0.276. The van der Waals surface area contributed by atoms with E-state index >= 15 is 0 Å². The van der Waals surface area contributed by atoms with Gasteiger partial charge in [0.1, 0.15) is 0 Å². The van der Waals surface area contributed by atoms with Crippen molar-refractivity contribution in [3.8, 4) is 45.1 Å². The zero-order chi connectivity index (χ0) is 45.1. The number of ether oxygens (including phenoxy) is 1. The quantitative estimate of drug-likeness (QED) is 0.149. The molecule has 0 N–H and O–H groups in total. The van der Waals surface area contributed by atoms with Crippen LogP contribution in [0.1, 0.15) is 91.5 Å². The summed E-state index contributed by atoms with van der Waals surface area (Å²) >= 11 is 2.53. The van der Waals surface area contributed by atoms with Crippen LogP contribution >= 0.6 is 0 Å². The second-order valence-electron chi connectivity index (χ2n) is 20.5. The minimum absolute atomic E-state index is 0.00956. The Hall–Kier alpha value is -5.77. The first-order valence-electron chi connectivity index (χ1n) is 22.5. The number of nitrogens with zero attached hydrogens (tertiary/aromatic N) is 4. The van der Waals surface area contributed by atoms with E-state index < -0.39 is 0 Å². The monoisotopic (exact) mass is 1020 g/mol. The van der Waals surface area contributed by atoms with Gasteiger partial charge in [-0.05, 0) is 17.0 Å². The van der Waals surface area contributed by atoms with E-state index in [1.165, 1.54) is 38.9 Å². The number of rotatable bonds is 7. The number of imidazole rings is 1. The van der Waals surface area contributed by atoms with Crippen molar-refractivity contribution < 1.29 is 24.1 Å². The van der Waals surface area contributed by atoms with Gasteiger partial charge >= 0.3 is 342 Å². The van der Waals surface area contributed by atoms with Gasteiger partial charge in [-0.3, -0.25) is 0 Å². The van der Waals surface area contributed by atoms with Crippen molar-refractivity contribution in [3.05, 3.63) is 178 Å². The molecule has 8 aromatic rings. The number of fused-ring (bicyclic) bond motifs is 2. The molecule has 0 saturated heterocycles. The summed E-state index contributed by atoms with van der Waals surface area (Å²) in [6, 6.07) is 55.7. The Kier molecular flexibility index (Phi) is 11.3. The molecule has 1 unspecified atom stereocenters. The van der Waals surface area contributed by atoms with Crippen LogP contribution in [-0.2, 0) is 42.0 Å². The summed E-state index contributed by atoms with van der Waals surface area (Å²) in [4.78, 5) is 7.20. The summed E-state index contributed by atoms with van der Waals surface area (Å²) in [6.45, 7) is 23.6. The van der Waals surface area contributed by atoms with Crippen molar-refractivity contribution in [1.82, 2.24) is 14.1 Å². The SMILES string of the molecule is CC1Cc2ccc(Oc3[c-]c(-n4[c](=[Pt])n(-c5c(-c6ccccc6)cc(C(C)(C)C)cc5-c5ccccc5)c5ccccc54)cc(C(C)(C)C)c3)[c-]c2N(c2cc(C(C)(C)C)ccn2)C1. The second kappa shape index (κ2) is 16.7. The first kappa shape index (κ1) is 43.5. The van der Waals surface area contributed by atoms with Gasteiger partial charge in [0.25, 0.3) is 0 Å². The van der Waals surface area contributed by atoms with E-state index in [2.05, 4.69) is 248 Å².